The van der Waals surface area contributed by atoms with E-state index in [2.05, 4.69) is 9.97 Å². The van der Waals surface area contributed by atoms with Crippen molar-refractivity contribution in [3.05, 3.63) is 11.8 Å². The summed E-state index contributed by atoms with van der Waals surface area (Å²) < 4.78 is 10.2. The van der Waals surface area contributed by atoms with Gasteiger partial charge in [-0.1, -0.05) is 11.8 Å². The van der Waals surface area contributed by atoms with Crippen LogP contribution in [0.25, 0.3) is 0 Å². The van der Waals surface area contributed by atoms with E-state index in [1.54, 1.807) is 18.7 Å². The highest BCUT2D eigenvalue weighted by molar-refractivity contribution is 7.99. The Morgan fingerprint density at radius 3 is 2.95 bits per heavy atom. The van der Waals surface area contributed by atoms with Crippen molar-refractivity contribution >= 4 is 23.5 Å². The molecule has 1 aromatic rings. The molecule has 104 valence electrons. The molecule has 7 heteroatoms. The molecule has 0 saturated carbocycles. The van der Waals surface area contributed by atoms with Crippen LogP contribution in [-0.4, -0.2) is 41.0 Å². The first kappa shape index (κ1) is 14.1. The minimum absolute atomic E-state index is 0.169. The quantitative estimate of drug-likeness (QED) is 0.662. The normalized spacial score (nSPS) is 16.3. The van der Waals surface area contributed by atoms with Gasteiger partial charge >= 0.3 is 5.97 Å². The minimum atomic E-state index is -0.484. The first-order valence-corrected chi connectivity index (χ1v) is 7.12. The summed E-state index contributed by atoms with van der Waals surface area (Å²) in [4.78, 5) is 19.9. The van der Waals surface area contributed by atoms with Crippen LogP contribution in [0.5, 0.6) is 0 Å². The van der Waals surface area contributed by atoms with E-state index in [4.69, 9.17) is 15.2 Å². The highest BCUT2D eigenvalue weighted by atomic mass is 32.2. The molecular weight excluding hydrogens is 266 g/mol. The van der Waals surface area contributed by atoms with Gasteiger partial charge in [0.05, 0.1) is 6.61 Å². The van der Waals surface area contributed by atoms with E-state index in [-0.39, 0.29) is 11.4 Å². The van der Waals surface area contributed by atoms with E-state index in [1.807, 2.05) is 0 Å². The van der Waals surface area contributed by atoms with E-state index < -0.39 is 5.97 Å². The van der Waals surface area contributed by atoms with Gasteiger partial charge < -0.3 is 15.2 Å². The van der Waals surface area contributed by atoms with E-state index in [0.29, 0.717) is 17.0 Å². The van der Waals surface area contributed by atoms with E-state index >= 15 is 0 Å². The van der Waals surface area contributed by atoms with Gasteiger partial charge in [0.15, 0.2) is 5.16 Å². The van der Waals surface area contributed by atoms with Gasteiger partial charge in [0, 0.05) is 24.7 Å². The topological polar surface area (TPSA) is 87.3 Å². The van der Waals surface area contributed by atoms with Crippen LogP contribution in [0.3, 0.4) is 0 Å². The van der Waals surface area contributed by atoms with Crippen LogP contribution in [0.1, 0.15) is 30.1 Å². The Labute approximate surface area is 116 Å². The van der Waals surface area contributed by atoms with Crippen LogP contribution in [0.2, 0.25) is 0 Å². The van der Waals surface area contributed by atoms with Gasteiger partial charge in [-0.2, -0.15) is 0 Å². The third-order valence-electron chi connectivity index (χ3n) is 2.73. The smallest absolute Gasteiger partial charge is 0.343 e. The van der Waals surface area contributed by atoms with Crippen molar-refractivity contribution in [1.29, 1.82) is 0 Å². The average molecular weight is 283 g/mol. The Balaban J connectivity index is 2.03. The molecule has 1 fully saturated rings. The fraction of sp³-hybridized carbons (Fsp3) is 0.583. The molecular formula is C12H17N3O3S. The predicted octanol–water partition coefficient (Wildman–Crippen LogP) is 1.51. The lowest BCUT2D eigenvalue weighted by atomic mass is 10.2. The van der Waals surface area contributed by atoms with Crippen LogP contribution in [0.4, 0.5) is 5.82 Å². The number of nitrogen functional groups attached to an aromatic ring is 1. The Morgan fingerprint density at radius 1 is 1.58 bits per heavy atom. The maximum Gasteiger partial charge on any atom is 0.343 e. The van der Waals surface area contributed by atoms with E-state index in [0.717, 1.165) is 26.1 Å². The molecule has 1 aliphatic rings. The minimum Gasteiger partial charge on any atom is -0.462 e. The van der Waals surface area contributed by atoms with Crippen molar-refractivity contribution in [2.45, 2.75) is 30.2 Å². The summed E-state index contributed by atoms with van der Waals surface area (Å²) in [5, 5.41) is 1.04. The van der Waals surface area contributed by atoms with E-state index in [9.17, 15) is 4.79 Å². The molecule has 0 radical (unpaired) electrons. The molecule has 0 unspecified atom stereocenters. The zero-order valence-electron chi connectivity index (χ0n) is 10.8. The second-order valence-corrected chi connectivity index (χ2v) is 5.37. The number of nitrogens with zero attached hydrogens (tertiary/aromatic N) is 2. The molecule has 1 aromatic heterocycles. The summed E-state index contributed by atoms with van der Waals surface area (Å²) in [6.45, 7) is 3.59. The molecule has 0 bridgehead atoms. The maximum atomic E-state index is 11.6. The molecule has 0 spiro atoms. The fourth-order valence-corrected chi connectivity index (χ4v) is 2.73. The zero-order valence-corrected chi connectivity index (χ0v) is 11.6. The van der Waals surface area contributed by atoms with Crippen molar-refractivity contribution in [2.24, 2.45) is 0 Å². The Morgan fingerprint density at radius 2 is 2.32 bits per heavy atom. The first-order valence-electron chi connectivity index (χ1n) is 6.24. The molecule has 1 aliphatic heterocycles. The van der Waals surface area contributed by atoms with Crippen LogP contribution in [0, 0.1) is 0 Å². The van der Waals surface area contributed by atoms with Crippen LogP contribution < -0.4 is 5.73 Å². The number of esters is 1. The Hall–Kier alpha value is -1.34. The van der Waals surface area contributed by atoms with Crippen molar-refractivity contribution in [1.82, 2.24) is 9.97 Å². The van der Waals surface area contributed by atoms with Gasteiger partial charge in [-0.05, 0) is 19.8 Å². The van der Waals surface area contributed by atoms with Gasteiger partial charge in [-0.25, -0.2) is 14.8 Å². The number of carbonyl (C=O) groups excluding carboxylic acids is 1. The van der Waals surface area contributed by atoms with Gasteiger partial charge in [-0.3, -0.25) is 0 Å². The summed E-state index contributed by atoms with van der Waals surface area (Å²) in [5.74, 6) is -0.314. The van der Waals surface area contributed by atoms with Crippen molar-refractivity contribution in [3.8, 4) is 0 Å². The summed E-state index contributed by atoms with van der Waals surface area (Å²) in [5.41, 5.74) is 5.99. The lowest BCUT2D eigenvalue weighted by molar-refractivity contribution is 0.0526. The number of rotatable bonds is 4. The van der Waals surface area contributed by atoms with Gasteiger partial charge in [-0.15, -0.1) is 0 Å². The third kappa shape index (κ3) is 3.81. The number of aromatic nitrogens is 2. The third-order valence-corrected chi connectivity index (χ3v) is 3.94. The second-order valence-electron chi connectivity index (χ2n) is 4.10. The average Bonchev–Trinajstić information content (AvgIpc) is 2.40. The van der Waals surface area contributed by atoms with Gasteiger partial charge in [0.1, 0.15) is 11.4 Å². The number of anilines is 1. The SMILES string of the molecule is CCOC(=O)c1cnc(SC2CCOCC2)nc1N. The molecule has 2 rings (SSSR count). The van der Waals surface area contributed by atoms with Crippen molar-refractivity contribution < 1.29 is 14.3 Å². The Kier molecular flexibility index (Phi) is 4.98. The lowest BCUT2D eigenvalue weighted by Crippen LogP contribution is -2.18. The lowest BCUT2D eigenvalue weighted by Gasteiger charge is -2.20. The van der Waals surface area contributed by atoms with Crippen LogP contribution in [-0.2, 0) is 9.47 Å². The predicted molar refractivity (Wildman–Crippen MR) is 72.1 cm³/mol. The van der Waals surface area contributed by atoms with Crippen molar-refractivity contribution in [3.63, 3.8) is 0 Å². The molecule has 2 heterocycles. The number of carbonyl (C=O) groups is 1. The van der Waals surface area contributed by atoms with Crippen molar-refractivity contribution in [2.75, 3.05) is 25.6 Å². The van der Waals surface area contributed by atoms with Gasteiger partial charge in [0.25, 0.3) is 0 Å². The summed E-state index contributed by atoms with van der Waals surface area (Å²) in [6, 6.07) is 0. The highest BCUT2D eigenvalue weighted by Crippen LogP contribution is 2.27. The molecule has 0 atom stereocenters. The molecule has 19 heavy (non-hydrogen) atoms. The van der Waals surface area contributed by atoms with Crippen LogP contribution >= 0.6 is 11.8 Å². The molecule has 0 amide bonds. The zero-order chi connectivity index (χ0) is 13.7. The first-order chi connectivity index (χ1) is 9.20. The number of ether oxygens (including phenoxy) is 2. The monoisotopic (exact) mass is 283 g/mol. The summed E-state index contributed by atoms with van der Waals surface area (Å²) >= 11 is 1.58. The number of nitrogens with two attached hydrogens (primary N) is 1. The van der Waals surface area contributed by atoms with Crippen LogP contribution in [0.15, 0.2) is 11.4 Å². The standard InChI is InChI=1S/C12H17N3O3S/c1-2-18-11(16)9-7-14-12(15-10(9)13)19-8-3-5-17-6-4-8/h7-8H,2-6H2,1H3,(H2,13,14,15). The largest absolute Gasteiger partial charge is 0.462 e. The van der Waals surface area contributed by atoms with E-state index in [1.165, 1.54) is 6.20 Å². The summed E-state index contributed by atoms with van der Waals surface area (Å²) in [6.07, 6.45) is 3.39. The fourth-order valence-electron chi connectivity index (χ4n) is 1.74. The van der Waals surface area contributed by atoms with Gasteiger partial charge in [0.2, 0.25) is 0 Å². The molecule has 2 N–H and O–H groups in total. The Bertz CT molecular complexity index is 450. The second kappa shape index (κ2) is 6.72. The number of hydrogen-bond donors (Lipinski definition) is 1. The molecule has 1 saturated heterocycles. The molecule has 6 nitrogen and oxygen atoms in total. The number of hydrogen-bond acceptors (Lipinski definition) is 7. The summed E-state index contributed by atoms with van der Waals surface area (Å²) in [7, 11) is 0. The highest BCUT2D eigenvalue weighted by Gasteiger charge is 2.18. The molecule has 0 aromatic carbocycles. The molecule has 0 aliphatic carbocycles. The number of thioether (sulfide) groups is 1. The maximum absolute atomic E-state index is 11.6.